The predicted molar refractivity (Wildman–Crippen MR) is 88.8 cm³/mol. The van der Waals surface area contributed by atoms with Crippen LogP contribution in [0.15, 0.2) is 23.1 Å². The molecule has 1 unspecified atom stereocenters. The molecular weight excluding hydrogens is 388 g/mol. The molecule has 1 aromatic carbocycles. The molecule has 2 N–H and O–H groups in total. The van der Waals surface area contributed by atoms with Gasteiger partial charge in [0, 0.05) is 19.1 Å². The molecule has 1 aromatic rings. The number of hydrogen-bond donors (Lipinski definition) is 1. The Morgan fingerprint density at radius 3 is 2.29 bits per heavy atom. The Balaban J connectivity index is 0.00000288. The number of hydrogen-bond acceptors (Lipinski definition) is 3. The number of nitrogens with two attached hydrogens (primary N) is 1. The van der Waals surface area contributed by atoms with E-state index in [2.05, 4.69) is 0 Å². The molecular formula is C14H19Cl2F3N2O2S. The minimum atomic E-state index is -4.70. The summed E-state index contributed by atoms with van der Waals surface area (Å²) in [5.41, 5.74) is 4.66. The van der Waals surface area contributed by atoms with Crippen LogP contribution in [0.1, 0.15) is 25.3 Å². The van der Waals surface area contributed by atoms with E-state index in [-0.39, 0.29) is 37.5 Å². The molecule has 1 aliphatic heterocycles. The van der Waals surface area contributed by atoms with Crippen molar-refractivity contribution >= 4 is 34.0 Å². The van der Waals surface area contributed by atoms with Crippen molar-refractivity contribution in [3.63, 3.8) is 0 Å². The zero-order valence-corrected chi connectivity index (χ0v) is 15.3. The average molecular weight is 407 g/mol. The van der Waals surface area contributed by atoms with Crippen molar-refractivity contribution in [1.29, 1.82) is 0 Å². The second-order valence-electron chi connectivity index (χ2n) is 5.74. The van der Waals surface area contributed by atoms with E-state index < -0.39 is 31.7 Å². The van der Waals surface area contributed by atoms with Crippen LogP contribution in [0, 0.1) is 5.92 Å². The highest BCUT2D eigenvalue weighted by molar-refractivity contribution is 7.89. The average Bonchev–Trinajstić information content (AvgIpc) is 2.46. The lowest BCUT2D eigenvalue weighted by atomic mass is 9.92. The van der Waals surface area contributed by atoms with Gasteiger partial charge >= 0.3 is 6.18 Å². The molecule has 0 aliphatic carbocycles. The molecule has 10 heteroatoms. The van der Waals surface area contributed by atoms with E-state index in [1.807, 2.05) is 6.92 Å². The SMILES string of the molecule is CC(N)C1CCN(S(=O)(=O)c2ccc(Cl)c(C(F)(F)F)c2)CC1.Cl. The number of alkyl halides is 3. The Morgan fingerprint density at radius 2 is 1.83 bits per heavy atom. The van der Waals surface area contributed by atoms with E-state index in [1.165, 1.54) is 4.31 Å². The van der Waals surface area contributed by atoms with Crippen molar-refractivity contribution in [2.75, 3.05) is 13.1 Å². The molecule has 1 aliphatic rings. The quantitative estimate of drug-likeness (QED) is 0.834. The minimum Gasteiger partial charge on any atom is -0.328 e. The first-order chi connectivity index (χ1) is 10.5. The first-order valence-electron chi connectivity index (χ1n) is 7.16. The smallest absolute Gasteiger partial charge is 0.328 e. The van der Waals surface area contributed by atoms with Gasteiger partial charge in [0.25, 0.3) is 0 Å². The lowest BCUT2D eigenvalue weighted by molar-refractivity contribution is -0.137. The maximum Gasteiger partial charge on any atom is 0.417 e. The topological polar surface area (TPSA) is 63.4 Å². The number of nitrogens with zero attached hydrogens (tertiary/aromatic N) is 1. The fraction of sp³-hybridized carbons (Fsp3) is 0.571. The number of sulfonamides is 1. The second-order valence-corrected chi connectivity index (χ2v) is 8.09. The van der Waals surface area contributed by atoms with Gasteiger partial charge in [0.15, 0.2) is 0 Å². The van der Waals surface area contributed by atoms with Crippen molar-refractivity contribution in [3.05, 3.63) is 28.8 Å². The van der Waals surface area contributed by atoms with Gasteiger partial charge in [0.05, 0.1) is 15.5 Å². The molecule has 0 aromatic heterocycles. The van der Waals surface area contributed by atoms with Crippen LogP contribution >= 0.6 is 24.0 Å². The van der Waals surface area contributed by atoms with Crippen molar-refractivity contribution in [3.8, 4) is 0 Å². The summed E-state index contributed by atoms with van der Waals surface area (Å²) in [5, 5.41) is -0.521. The van der Waals surface area contributed by atoms with Crippen LogP contribution in [-0.4, -0.2) is 31.9 Å². The fourth-order valence-electron chi connectivity index (χ4n) is 2.67. The van der Waals surface area contributed by atoms with Crippen molar-refractivity contribution in [2.45, 2.75) is 36.9 Å². The molecule has 2 rings (SSSR count). The van der Waals surface area contributed by atoms with Crippen LogP contribution in [0.3, 0.4) is 0 Å². The van der Waals surface area contributed by atoms with Gasteiger partial charge in [-0.3, -0.25) is 0 Å². The Morgan fingerprint density at radius 1 is 1.29 bits per heavy atom. The Hall–Kier alpha value is -0.540. The van der Waals surface area contributed by atoms with Crippen LogP contribution in [0.2, 0.25) is 5.02 Å². The number of benzene rings is 1. The van der Waals surface area contributed by atoms with Gasteiger partial charge in [0.1, 0.15) is 0 Å². The standard InChI is InChI=1S/C14H18ClF3N2O2S.ClH/c1-9(19)10-4-6-20(7-5-10)23(21,22)11-2-3-13(15)12(8-11)14(16,17)18;/h2-3,8-10H,4-7,19H2,1H3;1H. The molecule has 1 saturated heterocycles. The van der Waals surface area contributed by atoms with Gasteiger partial charge in [-0.05, 0) is 43.9 Å². The van der Waals surface area contributed by atoms with Gasteiger partial charge in [-0.2, -0.15) is 17.5 Å². The molecule has 24 heavy (non-hydrogen) atoms. The molecule has 0 amide bonds. The summed E-state index contributed by atoms with van der Waals surface area (Å²) in [4.78, 5) is -0.395. The fourth-order valence-corrected chi connectivity index (χ4v) is 4.39. The normalized spacial score (nSPS) is 18.9. The second kappa shape index (κ2) is 7.78. The van der Waals surface area contributed by atoms with E-state index in [0.717, 1.165) is 12.1 Å². The highest BCUT2D eigenvalue weighted by atomic mass is 35.5. The third-order valence-electron chi connectivity index (χ3n) is 4.12. The van der Waals surface area contributed by atoms with Gasteiger partial charge in [-0.15, -0.1) is 12.4 Å². The van der Waals surface area contributed by atoms with Crippen molar-refractivity contribution in [2.24, 2.45) is 11.7 Å². The lowest BCUT2D eigenvalue weighted by Gasteiger charge is -2.33. The van der Waals surface area contributed by atoms with Gasteiger partial charge in [-0.1, -0.05) is 11.6 Å². The van der Waals surface area contributed by atoms with Crippen molar-refractivity contribution < 1.29 is 21.6 Å². The van der Waals surface area contributed by atoms with Crippen LogP contribution in [0.25, 0.3) is 0 Å². The van der Waals surface area contributed by atoms with Crippen molar-refractivity contribution in [1.82, 2.24) is 4.31 Å². The molecule has 0 bridgehead atoms. The van der Waals surface area contributed by atoms with E-state index >= 15 is 0 Å². The maximum atomic E-state index is 12.9. The van der Waals surface area contributed by atoms with E-state index in [0.29, 0.717) is 18.9 Å². The van der Waals surface area contributed by atoms with Crippen LogP contribution < -0.4 is 5.73 Å². The lowest BCUT2D eigenvalue weighted by Crippen LogP contribution is -2.42. The van der Waals surface area contributed by atoms with Crippen LogP contribution in [0.5, 0.6) is 0 Å². The van der Waals surface area contributed by atoms with Gasteiger partial charge in [0.2, 0.25) is 10.0 Å². The third kappa shape index (κ3) is 4.54. The largest absolute Gasteiger partial charge is 0.417 e. The monoisotopic (exact) mass is 406 g/mol. The number of rotatable bonds is 3. The zero-order chi connectivity index (χ0) is 17.4. The summed E-state index contributed by atoms with van der Waals surface area (Å²) in [5.74, 6) is 0.220. The van der Waals surface area contributed by atoms with E-state index in [4.69, 9.17) is 17.3 Å². The van der Waals surface area contributed by atoms with Crippen LogP contribution in [0.4, 0.5) is 13.2 Å². The first kappa shape index (κ1) is 21.5. The van der Waals surface area contributed by atoms with E-state index in [1.54, 1.807) is 0 Å². The summed E-state index contributed by atoms with van der Waals surface area (Å²) < 4.78 is 65.0. The maximum absolute atomic E-state index is 12.9. The summed E-state index contributed by atoms with van der Waals surface area (Å²) in [7, 11) is -3.98. The third-order valence-corrected chi connectivity index (χ3v) is 6.35. The number of piperidine rings is 1. The first-order valence-corrected chi connectivity index (χ1v) is 8.97. The number of halogens is 5. The summed E-state index contributed by atoms with van der Waals surface area (Å²) in [6, 6.07) is 2.62. The molecule has 1 atom stereocenters. The minimum absolute atomic E-state index is 0. The molecule has 0 radical (unpaired) electrons. The molecule has 0 spiro atoms. The zero-order valence-electron chi connectivity index (χ0n) is 12.9. The summed E-state index contributed by atoms with van der Waals surface area (Å²) >= 11 is 5.53. The highest BCUT2D eigenvalue weighted by Crippen LogP contribution is 2.36. The Bertz CT molecular complexity index is 673. The summed E-state index contributed by atoms with van der Waals surface area (Å²) in [6.07, 6.45) is -3.52. The Kier molecular flexibility index (Phi) is 6.97. The van der Waals surface area contributed by atoms with E-state index in [9.17, 15) is 21.6 Å². The highest BCUT2D eigenvalue weighted by Gasteiger charge is 2.36. The van der Waals surface area contributed by atoms with Gasteiger partial charge in [-0.25, -0.2) is 8.42 Å². The van der Waals surface area contributed by atoms with Gasteiger partial charge < -0.3 is 5.73 Å². The Labute approximate surface area is 150 Å². The predicted octanol–water partition coefficient (Wildman–Crippen LogP) is 3.53. The van der Waals surface area contributed by atoms with Crippen LogP contribution in [-0.2, 0) is 16.2 Å². The molecule has 1 heterocycles. The molecule has 0 saturated carbocycles. The molecule has 1 fully saturated rings. The summed E-state index contributed by atoms with van der Waals surface area (Å²) in [6.45, 7) is 2.36. The molecule has 4 nitrogen and oxygen atoms in total. The molecule has 138 valence electrons.